The topological polar surface area (TPSA) is 18.5 Å². The van der Waals surface area contributed by atoms with E-state index in [-0.39, 0.29) is 17.5 Å². The molecule has 1 heterocycles. The van der Waals surface area contributed by atoms with Gasteiger partial charge in [-0.1, -0.05) is 0 Å². The van der Waals surface area contributed by atoms with Gasteiger partial charge in [0.2, 0.25) is 0 Å². The van der Waals surface area contributed by atoms with Crippen molar-refractivity contribution in [1.29, 1.82) is 0 Å². The number of halogens is 4. The Labute approximate surface area is 108 Å². The highest BCUT2D eigenvalue weighted by atomic mass is 35.5. The van der Waals surface area contributed by atoms with E-state index in [9.17, 15) is 13.2 Å². The minimum absolute atomic E-state index is 0.161. The summed E-state index contributed by atoms with van der Waals surface area (Å²) in [7, 11) is 0. The van der Waals surface area contributed by atoms with Crippen LogP contribution in [0.1, 0.15) is 25.3 Å². The van der Waals surface area contributed by atoms with E-state index < -0.39 is 12.0 Å². The van der Waals surface area contributed by atoms with Crippen LogP contribution in [0.3, 0.4) is 0 Å². The molecule has 0 fully saturated rings. The van der Waals surface area contributed by atoms with Gasteiger partial charge in [-0.2, -0.15) is 0 Å². The zero-order valence-corrected chi connectivity index (χ0v) is 10.6. The van der Waals surface area contributed by atoms with Crippen molar-refractivity contribution < 1.29 is 22.6 Å². The second-order valence-corrected chi connectivity index (χ2v) is 4.97. The zero-order valence-electron chi connectivity index (χ0n) is 9.84. The Kier molecular flexibility index (Phi) is 3.13. The van der Waals surface area contributed by atoms with E-state index in [4.69, 9.17) is 16.3 Å². The monoisotopic (exact) mass is 280 g/mol. The molecule has 100 valence electrons. The summed E-state index contributed by atoms with van der Waals surface area (Å²) in [5.74, 6) is 0.416. The summed E-state index contributed by atoms with van der Waals surface area (Å²) >= 11 is 5.86. The number of rotatable bonds is 2. The third-order valence-electron chi connectivity index (χ3n) is 2.96. The van der Waals surface area contributed by atoms with E-state index in [0.29, 0.717) is 11.3 Å². The highest BCUT2D eigenvalue weighted by molar-refractivity contribution is 6.18. The maximum absolute atomic E-state index is 12.1. The van der Waals surface area contributed by atoms with Crippen molar-refractivity contribution in [1.82, 2.24) is 0 Å². The zero-order chi connectivity index (χ0) is 13.6. The lowest BCUT2D eigenvalue weighted by molar-refractivity contribution is -0.274. The fourth-order valence-electron chi connectivity index (χ4n) is 2.09. The molecular formula is C12H12ClF3O2. The molecule has 6 heteroatoms. The Morgan fingerprint density at radius 3 is 2.61 bits per heavy atom. The van der Waals surface area contributed by atoms with E-state index in [2.05, 4.69) is 4.74 Å². The molecule has 0 aromatic heterocycles. The highest BCUT2D eigenvalue weighted by Gasteiger charge is 2.41. The molecule has 2 nitrogen and oxygen atoms in total. The van der Waals surface area contributed by atoms with Crippen LogP contribution in [0.15, 0.2) is 18.2 Å². The molecule has 1 unspecified atom stereocenters. The van der Waals surface area contributed by atoms with Crippen molar-refractivity contribution in [3.05, 3.63) is 23.8 Å². The second-order valence-electron chi connectivity index (χ2n) is 4.66. The Hall–Kier alpha value is -1.10. The van der Waals surface area contributed by atoms with E-state index >= 15 is 0 Å². The van der Waals surface area contributed by atoms with Gasteiger partial charge < -0.3 is 9.47 Å². The van der Waals surface area contributed by atoms with Gasteiger partial charge in [0.25, 0.3) is 0 Å². The molecule has 0 N–H and O–H groups in total. The third-order valence-corrected chi connectivity index (χ3v) is 3.27. The van der Waals surface area contributed by atoms with Crippen molar-refractivity contribution in [3.63, 3.8) is 0 Å². The molecule has 2 rings (SSSR count). The van der Waals surface area contributed by atoms with Crippen LogP contribution in [0.25, 0.3) is 0 Å². The molecule has 1 aromatic carbocycles. The van der Waals surface area contributed by atoms with E-state index in [0.717, 1.165) is 0 Å². The number of alkyl halides is 4. The molecule has 0 amide bonds. The molecule has 1 aliphatic heterocycles. The van der Waals surface area contributed by atoms with Crippen LogP contribution in [0.2, 0.25) is 0 Å². The van der Waals surface area contributed by atoms with Gasteiger partial charge in [-0.25, -0.2) is 0 Å². The van der Waals surface area contributed by atoms with Gasteiger partial charge >= 0.3 is 6.36 Å². The molecule has 18 heavy (non-hydrogen) atoms. The maximum atomic E-state index is 12.1. The molecule has 0 saturated heterocycles. The van der Waals surface area contributed by atoms with Gasteiger partial charge in [0, 0.05) is 17.4 Å². The number of hydrogen-bond acceptors (Lipinski definition) is 2. The van der Waals surface area contributed by atoms with E-state index in [1.807, 2.05) is 13.8 Å². The fourth-order valence-corrected chi connectivity index (χ4v) is 2.62. The molecular weight excluding hydrogens is 269 g/mol. The maximum Gasteiger partial charge on any atom is 0.573 e. The minimum atomic E-state index is -4.69. The Morgan fingerprint density at radius 1 is 1.39 bits per heavy atom. The number of ether oxygens (including phenoxy) is 2. The van der Waals surface area contributed by atoms with Crippen LogP contribution in [0.5, 0.6) is 11.5 Å². The first-order valence-electron chi connectivity index (χ1n) is 5.37. The number of fused-ring (bicyclic) bond motifs is 1. The molecule has 1 aromatic rings. The fraction of sp³-hybridized carbons (Fsp3) is 0.500. The summed E-state index contributed by atoms with van der Waals surface area (Å²) in [5, 5.41) is 0. The minimum Gasteiger partial charge on any atom is -0.487 e. The van der Waals surface area contributed by atoms with Gasteiger partial charge in [-0.05, 0) is 32.0 Å². The van der Waals surface area contributed by atoms with Crippen molar-refractivity contribution in [2.75, 3.05) is 5.88 Å². The van der Waals surface area contributed by atoms with E-state index in [1.54, 1.807) is 0 Å². The van der Waals surface area contributed by atoms with Crippen molar-refractivity contribution in [2.45, 2.75) is 31.7 Å². The molecule has 0 bridgehead atoms. The first kappa shape index (κ1) is 13.3. The SMILES string of the molecule is CC1(C)Oc2ccc(OC(F)(F)F)cc2C1CCl. The summed E-state index contributed by atoms with van der Waals surface area (Å²) in [6, 6.07) is 4.05. The van der Waals surface area contributed by atoms with Crippen LogP contribution in [-0.4, -0.2) is 17.8 Å². The lowest BCUT2D eigenvalue weighted by Crippen LogP contribution is -2.31. The number of hydrogen-bond donors (Lipinski definition) is 0. The quantitative estimate of drug-likeness (QED) is 0.760. The van der Waals surface area contributed by atoms with Crippen LogP contribution >= 0.6 is 11.6 Å². The Morgan fingerprint density at radius 2 is 2.06 bits per heavy atom. The molecule has 1 aliphatic rings. The summed E-state index contributed by atoms with van der Waals surface area (Å²) in [4.78, 5) is 0. The lowest BCUT2D eigenvalue weighted by Gasteiger charge is -2.24. The van der Waals surface area contributed by atoms with Gasteiger partial charge in [-0.15, -0.1) is 24.8 Å². The molecule has 0 saturated carbocycles. The summed E-state index contributed by atoms with van der Waals surface area (Å²) in [5.41, 5.74) is 0.123. The predicted octanol–water partition coefficient (Wildman–Crippen LogP) is 4.08. The molecule has 0 radical (unpaired) electrons. The van der Waals surface area contributed by atoms with E-state index in [1.165, 1.54) is 18.2 Å². The largest absolute Gasteiger partial charge is 0.573 e. The van der Waals surface area contributed by atoms with Crippen molar-refractivity contribution in [3.8, 4) is 11.5 Å². The molecule has 0 aliphatic carbocycles. The average Bonchev–Trinajstić information content (AvgIpc) is 2.44. The van der Waals surface area contributed by atoms with Crippen LogP contribution in [-0.2, 0) is 0 Å². The Balaban J connectivity index is 2.34. The lowest BCUT2D eigenvalue weighted by atomic mass is 9.88. The van der Waals surface area contributed by atoms with Gasteiger partial charge in [0.15, 0.2) is 0 Å². The smallest absolute Gasteiger partial charge is 0.487 e. The summed E-state index contributed by atoms with van der Waals surface area (Å²) in [6.45, 7) is 3.70. The van der Waals surface area contributed by atoms with Crippen LogP contribution < -0.4 is 9.47 Å². The van der Waals surface area contributed by atoms with Crippen molar-refractivity contribution >= 4 is 11.6 Å². The van der Waals surface area contributed by atoms with Crippen LogP contribution in [0.4, 0.5) is 13.2 Å². The first-order valence-corrected chi connectivity index (χ1v) is 5.91. The van der Waals surface area contributed by atoms with Crippen LogP contribution in [0, 0.1) is 0 Å². The van der Waals surface area contributed by atoms with Gasteiger partial charge in [0.05, 0.1) is 0 Å². The standard InChI is InChI=1S/C12H12ClF3O2/c1-11(2)9(6-13)8-5-7(17-12(14,15)16)3-4-10(8)18-11/h3-5,9H,6H2,1-2H3. The summed E-state index contributed by atoms with van der Waals surface area (Å²) < 4.78 is 46.0. The normalized spacial score (nSPS) is 21.3. The first-order chi connectivity index (χ1) is 8.23. The van der Waals surface area contributed by atoms with Gasteiger partial charge in [0.1, 0.15) is 17.1 Å². The van der Waals surface area contributed by atoms with Crippen molar-refractivity contribution in [2.24, 2.45) is 0 Å². The second kappa shape index (κ2) is 4.23. The highest BCUT2D eigenvalue weighted by Crippen LogP contribution is 2.46. The Bertz CT molecular complexity index is 457. The average molecular weight is 281 g/mol. The van der Waals surface area contributed by atoms with Gasteiger partial charge in [-0.3, -0.25) is 0 Å². The summed E-state index contributed by atoms with van der Waals surface area (Å²) in [6.07, 6.45) is -4.69. The number of benzene rings is 1. The molecule has 0 spiro atoms. The molecule has 1 atom stereocenters. The predicted molar refractivity (Wildman–Crippen MR) is 61.3 cm³/mol. The third kappa shape index (κ3) is 2.51.